The minimum Gasteiger partial charge on any atom is -0.465 e. The lowest BCUT2D eigenvalue weighted by Crippen LogP contribution is -2.49. The van der Waals surface area contributed by atoms with Gasteiger partial charge in [-0.15, -0.1) is 11.3 Å². The number of nitrogens with one attached hydrogen (secondary N) is 1. The van der Waals surface area contributed by atoms with Crippen molar-refractivity contribution in [1.82, 2.24) is 4.31 Å². The van der Waals surface area contributed by atoms with Crippen LogP contribution in [0.3, 0.4) is 0 Å². The van der Waals surface area contributed by atoms with Crippen molar-refractivity contribution in [1.29, 1.82) is 0 Å². The lowest BCUT2D eigenvalue weighted by atomic mass is 10.0. The molecule has 7 nitrogen and oxygen atoms in total. The molecule has 1 N–H and O–H groups in total. The smallest absolute Gasteiger partial charge is 0.350 e. The molecule has 0 aliphatic carbocycles. The number of fused-ring (bicyclic) bond motifs is 1. The molecule has 1 unspecified atom stereocenters. The molecule has 2 heterocycles. The first-order valence-electron chi connectivity index (χ1n) is 8.20. The zero-order valence-electron chi connectivity index (χ0n) is 14.5. The molecule has 1 aliphatic rings. The van der Waals surface area contributed by atoms with Crippen LogP contribution in [0, 0.1) is 0 Å². The average Bonchev–Trinajstić information content (AvgIpc) is 2.99. The monoisotopic (exact) mass is 396 g/mol. The Morgan fingerprint density at radius 1 is 1.27 bits per heavy atom. The standard InChI is InChI=1S/C17H20N2O5S2/c1-24-17(21)15-14(11-7-3-4-9-13(11)25-15)18-16(20)12-8-5-6-10-19(12)26(2,22)23/h3-4,7,9,12H,5-6,8,10H2,1-2H3,(H,18,20). The molecule has 1 aromatic carbocycles. The third kappa shape index (κ3) is 3.60. The van der Waals surface area contributed by atoms with Crippen LogP contribution in [-0.4, -0.2) is 50.6 Å². The Hall–Kier alpha value is -1.97. The van der Waals surface area contributed by atoms with Gasteiger partial charge >= 0.3 is 5.97 Å². The number of esters is 1. The Morgan fingerprint density at radius 3 is 2.69 bits per heavy atom. The molecule has 1 saturated heterocycles. The van der Waals surface area contributed by atoms with Gasteiger partial charge in [0.25, 0.3) is 0 Å². The number of benzene rings is 1. The number of carbonyl (C=O) groups excluding carboxylic acids is 2. The topological polar surface area (TPSA) is 92.8 Å². The summed E-state index contributed by atoms with van der Waals surface area (Å²) in [5.74, 6) is -0.964. The summed E-state index contributed by atoms with van der Waals surface area (Å²) in [6.45, 7) is 0.325. The molecule has 0 spiro atoms. The van der Waals surface area contributed by atoms with Crippen molar-refractivity contribution in [2.45, 2.75) is 25.3 Å². The van der Waals surface area contributed by atoms with E-state index >= 15 is 0 Å². The van der Waals surface area contributed by atoms with E-state index in [1.54, 1.807) is 0 Å². The van der Waals surface area contributed by atoms with Gasteiger partial charge in [0.15, 0.2) is 0 Å². The molecule has 1 aromatic heterocycles. The number of amides is 1. The first kappa shape index (κ1) is 18.8. The Balaban J connectivity index is 1.97. The molecule has 3 rings (SSSR count). The van der Waals surface area contributed by atoms with Gasteiger partial charge in [-0.2, -0.15) is 4.31 Å². The minimum atomic E-state index is -3.49. The maximum absolute atomic E-state index is 12.9. The van der Waals surface area contributed by atoms with Crippen LogP contribution in [0.15, 0.2) is 24.3 Å². The quantitative estimate of drug-likeness (QED) is 0.802. The fourth-order valence-corrected chi connectivity index (χ4v) is 5.38. The van der Waals surface area contributed by atoms with Gasteiger partial charge in [-0.25, -0.2) is 13.2 Å². The molecule has 0 saturated carbocycles. The van der Waals surface area contributed by atoms with E-state index in [1.165, 1.54) is 22.8 Å². The summed E-state index contributed by atoms with van der Waals surface area (Å²) >= 11 is 1.23. The van der Waals surface area contributed by atoms with Crippen molar-refractivity contribution >= 4 is 49.0 Å². The van der Waals surface area contributed by atoms with Gasteiger partial charge in [0.2, 0.25) is 15.9 Å². The van der Waals surface area contributed by atoms with Crippen LogP contribution in [0.5, 0.6) is 0 Å². The Morgan fingerprint density at radius 2 is 2.00 bits per heavy atom. The van der Waals surface area contributed by atoms with Crippen LogP contribution in [0.25, 0.3) is 10.1 Å². The number of hydrogen-bond donors (Lipinski definition) is 1. The van der Waals surface area contributed by atoms with E-state index in [9.17, 15) is 18.0 Å². The number of thiophene rings is 1. The van der Waals surface area contributed by atoms with E-state index in [0.29, 0.717) is 23.5 Å². The number of ether oxygens (including phenoxy) is 1. The first-order valence-corrected chi connectivity index (χ1v) is 10.9. The minimum absolute atomic E-state index is 0.295. The summed E-state index contributed by atoms with van der Waals surface area (Å²) < 4.78 is 30.9. The Kier molecular flexibility index (Phi) is 5.31. The Bertz CT molecular complexity index is 951. The zero-order valence-corrected chi connectivity index (χ0v) is 16.2. The van der Waals surface area contributed by atoms with Gasteiger partial charge in [-0.05, 0) is 18.9 Å². The van der Waals surface area contributed by atoms with Crippen LogP contribution in [0.2, 0.25) is 0 Å². The zero-order chi connectivity index (χ0) is 18.9. The summed E-state index contributed by atoms with van der Waals surface area (Å²) in [7, 11) is -2.21. The van der Waals surface area contributed by atoms with Gasteiger partial charge in [0.1, 0.15) is 10.9 Å². The molecule has 1 aliphatic heterocycles. The number of sulfonamides is 1. The van der Waals surface area contributed by atoms with E-state index in [0.717, 1.165) is 29.2 Å². The summed E-state index contributed by atoms with van der Waals surface area (Å²) in [5, 5.41) is 3.51. The summed E-state index contributed by atoms with van der Waals surface area (Å²) in [6.07, 6.45) is 3.07. The predicted molar refractivity (Wildman–Crippen MR) is 101 cm³/mol. The molecule has 26 heavy (non-hydrogen) atoms. The summed E-state index contributed by atoms with van der Waals surface area (Å²) in [5.41, 5.74) is 0.376. The average molecular weight is 396 g/mol. The van der Waals surface area contributed by atoms with Crippen molar-refractivity contribution in [2.75, 3.05) is 25.2 Å². The maximum atomic E-state index is 12.9. The lowest BCUT2D eigenvalue weighted by molar-refractivity contribution is -0.120. The highest BCUT2D eigenvalue weighted by Gasteiger charge is 2.35. The molecule has 2 aromatic rings. The molecular formula is C17H20N2O5S2. The van der Waals surface area contributed by atoms with Gasteiger partial charge in [0, 0.05) is 16.6 Å². The predicted octanol–water partition coefficient (Wildman–Crippen LogP) is 2.44. The van der Waals surface area contributed by atoms with Gasteiger partial charge < -0.3 is 10.1 Å². The third-order valence-corrected chi connectivity index (χ3v) is 6.84. The second-order valence-corrected chi connectivity index (χ2v) is 9.16. The summed E-state index contributed by atoms with van der Waals surface area (Å²) in [6, 6.07) is 6.55. The number of anilines is 1. The second-order valence-electron chi connectivity index (χ2n) is 6.17. The van der Waals surface area contributed by atoms with Gasteiger partial charge in [-0.1, -0.05) is 24.6 Å². The van der Waals surface area contributed by atoms with Crippen molar-refractivity contribution in [3.05, 3.63) is 29.1 Å². The van der Waals surface area contributed by atoms with Crippen LogP contribution >= 0.6 is 11.3 Å². The van der Waals surface area contributed by atoms with Crippen molar-refractivity contribution in [3.63, 3.8) is 0 Å². The summed E-state index contributed by atoms with van der Waals surface area (Å²) in [4.78, 5) is 25.3. The van der Waals surface area contributed by atoms with Crippen LogP contribution in [0.4, 0.5) is 5.69 Å². The first-order chi connectivity index (χ1) is 12.3. The van der Waals surface area contributed by atoms with E-state index in [-0.39, 0.29) is 0 Å². The number of carbonyl (C=O) groups is 2. The van der Waals surface area contributed by atoms with Gasteiger partial charge in [0.05, 0.1) is 19.1 Å². The van der Waals surface area contributed by atoms with Crippen LogP contribution < -0.4 is 5.32 Å². The van der Waals surface area contributed by atoms with E-state index in [2.05, 4.69) is 5.32 Å². The van der Waals surface area contributed by atoms with E-state index < -0.39 is 27.9 Å². The fourth-order valence-electron chi connectivity index (χ4n) is 3.18. The largest absolute Gasteiger partial charge is 0.465 e. The van der Waals surface area contributed by atoms with Crippen LogP contribution in [0.1, 0.15) is 28.9 Å². The van der Waals surface area contributed by atoms with E-state index in [1.807, 2.05) is 24.3 Å². The molecule has 9 heteroatoms. The number of piperidine rings is 1. The number of hydrogen-bond acceptors (Lipinski definition) is 6. The molecular weight excluding hydrogens is 376 g/mol. The van der Waals surface area contributed by atoms with Crippen molar-refractivity contribution in [3.8, 4) is 0 Å². The normalized spacial score (nSPS) is 18.6. The number of nitrogens with zero attached hydrogens (tertiary/aromatic N) is 1. The number of methoxy groups -OCH3 is 1. The van der Waals surface area contributed by atoms with Crippen LogP contribution in [-0.2, 0) is 19.6 Å². The van der Waals surface area contributed by atoms with Gasteiger partial charge in [-0.3, -0.25) is 4.79 Å². The van der Waals surface area contributed by atoms with E-state index in [4.69, 9.17) is 4.74 Å². The lowest BCUT2D eigenvalue weighted by Gasteiger charge is -2.32. The molecule has 0 radical (unpaired) electrons. The molecule has 140 valence electrons. The number of rotatable bonds is 4. The maximum Gasteiger partial charge on any atom is 0.350 e. The highest BCUT2D eigenvalue weighted by molar-refractivity contribution is 7.88. The highest BCUT2D eigenvalue weighted by Crippen LogP contribution is 2.36. The molecule has 0 bridgehead atoms. The third-order valence-electron chi connectivity index (χ3n) is 4.40. The van der Waals surface area contributed by atoms with Crippen molar-refractivity contribution in [2.24, 2.45) is 0 Å². The van der Waals surface area contributed by atoms with Crippen molar-refractivity contribution < 1.29 is 22.7 Å². The molecule has 1 atom stereocenters. The molecule has 1 amide bonds. The molecule has 1 fully saturated rings. The fraction of sp³-hybridized carbons (Fsp3) is 0.412. The SMILES string of the molecule is COC(=O)c1sc2ccccc2c1NC(=O)C1CCCCN1S(C)(=O)=O. The highest BCUT2D eigenvalue weighted by atomic mass is 32.2. The Labute approximate surface area is 156 Å². The second kappa shape index (κ2) is 7.34.